The van der Waals surface area contributed by atoms with E-state index >= 15 is 0 Å². The number of amides is 1. The molecule has 0 spiro atoms. The third-order valence-corrected chi connectivity index (χ3v) is 4.45. The number of hydrogen-bond acceptors (Lipinski definition) is 4. The lowest BCUT2D eigenvalue weighted by Gasteiger charge is -2.37. The van der Waals surface area contributed by atoms with Crippen LogP contribution in [0.1, 0.15) is 11.6 Å². The zero-order valence-corrected chi connectivity index (χ0v) is 14.3. The molecule has 1 unspecified atom stereocenters. The summed E-state index contributed by atoms with van der Waals surface area (Å²) < 4.78 is 18.6. The maximum absolute atomic E-state index is 13.1. The number of para-hydroxylation sites is 1. The van der Waals surface area contributed by atoms with Gasteiger partial charge in [0, 0.05) is 26.2 Å². The zero-order chi connectivity index (χ0) is 18.4. The van der Waals surface area contributed by atoms with Gasteiger partial charge in [-0.1, -0.05) is 30.3 Å². The highest BCUT2D eigenvalue weighted by Gasteiger charge is 2.27. The number of nitrogens with zero attached hydrogens (tertiary/aromatic N) is 3. The Morgan fingerprint density at radius 3 is 2.35 bits per heavy atom. The molecule has 1 aliphatic heterocycles. The van der Waals surface area contributed by atoms with E-state index in [2.05, 4.69) is 6.07 Å². The number of ether oxygens (including phenoxy) is 1. The van der Waals surface area contributed by atoms with Crippen molar-refractivity contribution in [3.8, 4) is 11.8 Å². The van der Waals surface area contributed by atoms with Crippen LogP contribution in [0.5, 0.6) is 5.75 Å². The number of piperazine rings is 1. The molecule has 1 fully saturated rings. The molecule has 26 heavy (non-hydrogen) atoms. The highest BCUT2D eigenvalue weighted by molar-refractivity contribution is 5.77. The van der Waals surface area contributed by atoms with Crippen LogP contribution in [0, 0.1) is 17.1 Å². The van der Waals surface area contributed by atoms with Gasteiger partial charge in [0.05, 0.1) is 6.07 Å². The standard InChI is InChI=1S/C20H20FN3O2/c21-17-8-6-16(7-9-17)19(14-22)23-10-12-24(13-11-23)20(25)15-26-18-4-2-1-3-5-18/h1-9,19H,10-13,15H2. The first-order valence-electron chi connectivity index (χ1n) is 8.52. The number of carbonyl (C=O) groups is 1. The number of benzene rings is 2. The van der Waals surface area contributed by atoms with Crippen LogP contribution in [-0.4, -0.2) is 48.5 Å². The monoisotopic (exact) mass is 353 g/mol. The van der Waals surface area contributed by atoms with E-state index in [1.165, 1.54) is 12.1 Å². The smallest absolute Gasteiger partial charge is 0.260 e. The van der Waals surface area contributed by atoms with Gasteiger partial charge in [-0.3, -0.25) is 9.69 Å². The average molecular weight is 353 g/mol. The summed E-state index contributed by atoms with van der Waals surface area (Å²) in [7, 11) is 0. The van der Waals surface area contributed by atoms with Crippen LogP contribution in [0.2, 0.25) is 0 Å². The molecule has 5 nitrogen and oxygen atoms in total. The molecule has 6 heteroatoms. The molecular weight excluding hydrogens is 333 g/mol. The van der Waals surface area contributed by atoms with Gasteiger partial charge in [0.15, 0.2) is 6.61 Å². The van der Waals surface area contributed by atoms with Gasteiger partial charge < -0.3 is 9.64 Å². The molecule has 2 aromatic rings. The molecule has 0 aromatic heterocycles. The summed E-state index contributed by atoms with van der Waals surface area (Å²) in [6.45, 7) is 2.26. The fraction of sp³-hybridized carbons (Fsp3) is 0.300. The van der Waals surface area contributed by atoms with E-state index in [0.717, 1.165) is 5.56 Å². The normalized spacial score (nSPS) is 15.9. The Balaban J connectivity index is 1.52. The van der Waals surface area contributed by atoms with E-state index < -0.39 is 6.04 Å². The van der Waals surface area contributed by atoms with E-state index in [4.69, 9.17) is 4.74 Å². The van der Waals surface area contributed by atoms with Gasteiger partial charge in [-0.05, 0) is 29.8 Å². The SMILES string of the molecule is N#CC(c1ccc(F)cc1)N1CCN(C(=O)COc2ccccc2)CC1. The third kappa shape index (κ3) is 4.38. The zero-order valence-electron chi connectivity index (χ0n) is 14.3. The largest absolute Gasteiger partial charge is 0.484 e. The van der Waals surface area contributed by atoms with Gasteiger partial charge >= 0.3 is 0 Å². The second kappa shape index (κ2) is 8.45. The summed E-state index contributed by atoms with van der Waals surface area (Å²) in [6.07, 6.45) is 0. The number of nitriles is 1. The van der Waals surface area contributed by atoms with E-state index in [1.807, 2.05) is 35.2 Å². The van der Waals surface area contributed by atoms with Crippen LogP contribution in [0.4, 0.5) is 4.39 Å². The predicted molar refractivity (Wildman–Crippen MR) is 94.8 cm³/mol. The van der Waals surface area contributed by atoms with E-state index in [-0.39, 0.29) is 18.3 Å². The number of carbonyl (C=O) groups excluding carboxylic acids is 1. The Labute approximate surface area is 152 Å². The molecule has 0 saturated carbocycles. The highest BCUT2D eigenvalue weighted by Crippen LogP contribution is 2.22. The summed E-state index contributed by atoms with van der Waals surface area (Å²) in [6, 6.07) is 17.1. The van der Waals surface area contributed by atoms with Crippen molar-refractivity contribution >= 4 is 5.91 Å². The third-order valence-electron chi connectivity index (χ3n) is 4.45. The lowest BCUT2D eigenvalue weighted by atomic mass is 10.1. The van der Waals surface area contributed by atoms with Crippen molar-refractivity contribution < 1.29 is 13.9 Å². The first kappa shape index (κ1) is 17.9. The maximum Gasteiger partial charge on any atom is 0.260 e. The number of rotatable bonds is 5. The van der Waals surface area contributed by atoms with Crippen molar-refractivity contribution in [3.05, 3.63) is 66.0 Å². The van der Waals surface area contributed by atoms with Crippen molar-refractivity contribution in [2.75, 3.05) is 32.8 Å². The minimum Gasteiger partial charge on any atom is -0.484 e. The topological polar surface area (TPSA) is 56.6 Å². The molecule has 1 heterocycles. The predicted octanol–water partition coefficient (Wildman–Crippen LogP) is 2.61. The van der Waals surface area contributed by atoms with Crippen molar-refractivity contribution in [3.63, 3.8) is 0 Å². The van der Waals surface area contributed by atoms with Gasteiger partial charge in [-0.2, -0.15) is 5.26 Å². The summed E-state index contributed by atoms with van der Waals surface area (Å²) >= 11 is 0. The summed E-state index contributed by atoms with van der Waals surface area (Å²) in [5.74, 6) is 0.281. The molecule has 1 aliphatic rings. The molecule has 2 aromatic carbocycles. The molecular formula is C20H20FN3O2. The van der Waals surface area contributed by atoms with Crippen LogP contribution in [0.25, 0.3) is 0 Å². The molecule has 134 valence electrons. The van der Waals surface area contributed by atoms with Crippen molar-refractivity contribution in [2.45, 2.75) is 6.04 Å². The molecule has 3 rings (SSSR count). The minimum absolute atomic E-state index is 0.00363. The van der Waals surface area contributed by atoms with Crippen molar-refractivity contribution in [1.82, 2.24) is 9.80 Å². The molecule has 0 N–H and O–H groups in total. The summed E-state index contributed by atoms with van der Waals surface area (Å²) in [5, 5.41) is 9.50. The Hall–Kier alpha value is -2.91. The second-order valence-corrected chi connectivity index (χ2v) is 6.10. The van der Waals surface area contributed by atoms with Crippen LogP contribution < -0.4 is 4.74 Å². The molecule has 1 saturated heterocycles. The molecule has 1 atom stereocenters. The Morgan fingerprint density at radius 2 is 1.73 bits per heavy atom. The van der Waals surface area contributed by atoms with Crippen molar-refractivity contribution in [2.24, 2.45) is 0 Å². The van der Waals surface area contributed by atoms with Crippen LogP contribution in [0.15, 0.2) is 54.6 Å². The first-order valence-corrected chi connectivity index (χ1v) is 8.52. The molecule has 1 amide bonds. The van der Waals surface area contributed by atoms with Gasteiger partial charge in [0.2, 0.25) is 0 Å². The molecule has 0 radical (unpaired) electrons. The van der Waals surface area contributed by atoms with Gasteiger partial charge in [-0.15, -0.1) is 0 Å². The lowest BCUT2D eigenvalue weighted by Crippen LogP contribution is -2.50. The van der Waals surface area contributed by atoms with Crippen LogP contribution in [-0.2, 0) is 4.79 Å². The minimum atomic E-state index is -0.437. The Bertz CT molecular complexity index is 766. The highest BCUT2D eigenvalue weighted by atomic mass is 19.1. The van der Waals surface area contributed by atoms with E-state index in [9.17, 15) is 14.4 Å². The van der Waals surface area contributed by atoms with Gasteiger partial charge in [0.1, 0.15) is 17.6 Å². The Morgan fingerprint density at radius 1 is 1.08 bits per heavy atom. The second-order valence-electron chi connectivity index (χ2n) is 6.10. The maximum atomic E-state index is 13.1. The number of hydrogen-bond donors (Lipinski definition) is 0. The summed E-state index contributed by atoms with van der Waals surface area (Å²) in [4.78, 5) is 16.1. The van der Waals surface area contributed by atoms with Gasteiger partial charge in [-0.25, -0.2) is 4.39 Å². The molecule has 0 aliphatic carbocycles. The fourth-order valence-electron chi connectivity index (χ4n) is 2.99. The van der Waals surface area contributed by atoms with Gasteiger partial charge in [0.25, 0.3) is 5.91 Å². The van der Waals surface area contributed by atoms with Crippen LogP contribution >= 0.6 is 0 Å². The van der Waals surface area contributed by atoms with Crippen molar-refractivity contribution in [1.29, 1.82) is 5.26 Å². The van der Waals surface area contributed by atoms with E-state index in [0.29, 0.717) is 31.9 Å². The Kier molecular flexibility index (Phi) is 5.82. The quantitative estimate of drug-likeness (QED) is 0.829. The lowest BCUT2D eigenvalue weighted by molar-refractivity contribution is -0.135. The molecule has 0 bridgehead atoms. The fourth-order valence-corrected chi connectivity index (χ4v) is 2.99. The van der Waals surface area contributed by atoms with Crippen LogP contribution in [0.3, 0.4) is 0 Å². The first-order chi connectivity index (χ1) is 12.7. The summed E-state index contributed by atoms with van der Waals surface area (Å²) in [5.41, 5.74) is 0.765. The average Bonchev–Trinajstić information content (AvgIpc) is 2.69. The van der Waals surface area contributed by atoms with E-state index in [1.54, 1.807) is 17.0 Å². The number of halogens is 1.